The van der Waals surface area contributed by atoms with Gasteiger partial charge in [0, 0.05) is 22.3 Å². The molecule has 0 radical (unpaired) electrons. The number of aromatic nitrogens is 3. The highest BCUT2D eigenvalue weighted by Gasteiger charge is 2.38. The van der Waals surface area contributed by atoms with Crippen LogP contribution in [0.3, 0.4) is 0 Å². The van der Waals surface area contributed by atoms with Gasteiger partial charge in [-0.05, 0) is 18.2 Å². The fraction of sp³-hybridized carbons (Fsp3) is 0.154. The summed E-state index contributed by atoms with van der Waals surface area (Å²) in [6.45, 7) is 0.492. The van der Waals surface area contributed by atoms with Gasteiger partial charge in [0.15, 0.2) is 4.47 Å². The van der Waals surface area contributed by atoms with Gasteiger partial charge in [-0.3, -0.25) is 0 Å². The van der Waals surface area contributed by atoms with Crippen LogP contribution in [-0.4, -0.2) is 15.2 Å². The van der Waals surface area contributed by atoms with Crippen LogP contribution in [-0.2, 0) is 12.7 Å². The molecule has 5 nitrogen and oxygen atoms in total. The normalized spacial score (nSPS) is 11.7. The molecule has 10 heteroatoms. The number of thiazole rings is 1. The average Bonchev–Trinajstić information content (AvgIpc) is 3.14. The Bertz CT molecular complexity index is 817. The van der Waals surface area contributed by atoms with Crippen molar-refractivity contribution in [2.75, 3.05) is 5.32 Å². The molecule has 0 spiro atoms. The van der Waals surface area contributed by atoms with Crippen molar-refractivity contribution in [2.45, 2.75) is 12.7 Å². The van der Waals surface area contributed by atoms with Crippen LogP contribution in [0.2, 0.25) is 4.47 Å². The summed E-state index contributed by atoms with van der Waals surface area (Å²) in [6.07, 6.45) is -3.01. The summed E-state index contributed by atoms with van der Waals surface area (Å²) in [5, 5.41) is 9.55. The predicted molar refractivity (Wildman–Crippen MR) is 79.2 cm³/mol. The third-order valence-electron chi connectivity index (χ3n) is 2.77. The molecule has 3 aromatic rings. The summed E-state index contributed by atoms with van der Waals surface area (Å²) in [5.74, 6) is -1.56. The fourth-order valence-corrected chi connectivity index (χ4v) is 2.69. The molecular weight excluding hydrogens is 353 g/mol. The smallest absolute Gasteiger partial charge is 0.413 e. The number of halogens is 4. The number of benzene rings is 1. The van der Waals surface area contributed by atoms with Crippen molar-refractivity contribution in [1.82, 2.24) is 15.2 Å². The monoisotopic (exact) mass is 360 g/mol. The van der Waals surface area contributed by atoms with Crippen LogP contribution >= 0.6 is 22.9 Å². The zero-order valence-electron chi connectivity index (χ0n) is 11.3. The zero-order valence-corrected chi connectivity index (χ0v) is 12.8. The molecule has 0 aliphatic heterocycles. The Morgan fingerprint density at radius 3 is 2.74 bits per heavy atom. The van der Waals surface area contributed by atoms with Crippen molar-refractivity contribution in [2.24, 2.45) is 0 Å². The van der Waals surface area contributed by atoms with Gasteiger partial charge in [0.1, 0.15) is 0 Å². The number of nitrogens with zero attached hydrogens (tertiary/aromatic N) is 3. The molecule has 0 saturated carbocycles. The van der Waals surface area contributed by atoms with E-state index in [-0.39, 0.29) is 5.89 Å². The number of hydrogen-bond donors (Lipinski definition) is 1. The first-order valence-electron chi connectivity index (χ1n) is 6.27. The highest BCUT2D eigenvalue weighted by Crippen LogP contribution is 2.31. The molecule has 2 heterocycles. The standard InChI is InChI=1S/C13H8ClF3N4OS/c14-12-19-6-9(23-12)5-18-8-3-1-2-7(4-8)10-20-21-11(22-10)13(15,16)17/h1-4,6,18H,5H2. The lowest BCUT2D eigenvalue weighted by atomic mass is 10.2. The molecule has 120 valence electrons. The van der Waals surface area contributed by atoms with E-state index in [1.165, 1.54) is 11.3 Å². The van der Waals surface area contributed by atoms with Gasteiger partial charge in [-0.15, -0.1) is 21.5 Å². The Kier molecular flexibility index (Phi) is 4.22. The van der Waals surface area contributed by atoms with E-state index < -0.39 is 12.1 Å². The predicted octanol–water partition coefficient (Wildman–Crippen LogP) is 4.48. The summed E-state index contributed by atoms with van der Waals surface area (Å²) in [6, 6.07) is 6.65. The summed E-state index contributed by atoms with van der Waals surface area (Å²) >= 11 is 7.09. The van der Waals surface area contributed by atoms with E-state index in [9.17, 15) is 13.2 Å². The Morgan fingerprint density at radius 2 is 2.09 bits per heavy atom. The minimum absolute atomic E-state index is 0.193. The van der Waals surface area contributed by atoms with E-state index in [2.05, 4.69) is 24.9 Å². The van der Waals surface area contributed by atoms with Crippen LogP contribution < -0.4 is 5.32 Å². The zero-order chi connectivity index (χ0) is 16.4. The number of hydrogen-bond acceptors (Lipinski definition) is 6. The maximum absolute atomic E-state index is 12.5. The molecule has 0 bridgehead atoms. The highest BCUT2D eigenvalue weighted by molar-refractivity contribution is 7.15. The van der Waals surface area contributed by atoms with Crippen LogP contribution in [0.4, 0.5) is 18.9 Å². The minimum Gasteiger partial charge on any atom is -0.413 e. The van der Waals surface area contributed by atoms with Crippen molar-refractivity contribution in [3.8, 4) is 11.5 Å². The second-order valence-corrected chi connectivity index (χ2v) is 6.12. The van der Waals surface area contributed by atoms with Crippen LogP contribution in [0.25, 0.3) is 11.5 Å². The van der Waals surface area contributed by atoms with Crippen molar-refractivity contribution in [1.29, 1.82) is 0 Å². The van der Waals surface area contributed by atoms with E-state index in [4.69, 9.17) is 11.6 Å². The Morgan fingerprint density at radius 1 is 1.26 bits per heavy atom. The molecule has 0 amide bonds. The first kappa shape index (κ1) is 15.8. The van der Waals surface area contributed by atoms with Crippen LogP contribution in [0.5, 0.6) is 0 Å². The quantitative estimate of drug-likeness (QED) is 0.743. The van der Waals surface area contributed by atoms with Crippen LogP contribution in [0.15, 0.2) is 34.9 Å². The van der Waals surface area contributed by atoms with Gasteiger partial charge in [0.05, 0.1) is 6.54 Å². The molecular formula is C13H8ClF3N4OS. The van der Waals surface area contributed by atoms with E-state index in [1.54, 1.807) is 30.5 Å². The number of nitrogens with one attached hydrogen (secondary N) is 1. The van der Waals surface area contributed by atoms with Gasteiger partial charge in [0.2, 0.25) is 5.89 Å². The molecule has 0 atom stereocenters. The first-order valence-corrected chi connectivity index (χ1v) is 7.46. The summed E-state index contributed by atoms with van der Waals surface area (Å²) in [4.78, 5) is 4.85. The molecule has 0 unspecified atom stereocenters. The SMILES string of the molecule is FC(F)(F)c1nnc(-c2cccc(NCc3cnc(Cl)s3)c2)o1. The molecule has 0 aliphatic rings. The first-order chi connectivity index (χ1) is 10.9. The van der Waals surface area contributed by atoms with Crippen molar-refractivity contribution in [3.63, 3.8) is 0 Å². The molecule has 3 rings (SSSR count). The van der Waals surface area contributed by atoms with Gasteiger partial charge in [0.25, 0.3) is 0 Å². The fourth-order valence-electron chi connectivity index (χ4n) is 1.77. The van der Waals surface area contributed by atoms with Crippen molar-refractivity contribution < 1.29 is 17.6 Å². The topological polar surface area (TPSA) is 63.8 Å². The van der Waals surface area contributed by atoms with E-state index in [0.29, 0.717) is 22.3 Å². The minimum atomic E-state index is -4.66. The van der Waals surface area contributed by atoms with E-state index in [0.717, 1.165) is 4.88 Å². The third-order valence-corrected chi connectivity index (χ3v) is 3.88. The maximum Gasteiger partial charge on any atom is 0.470 e. The summed E-state index contributed by atoms with van der Waals surface area (Å²) < 4.78 is 42.5. The lowest BCUT2D eigenvalue weighted by molar-refractivity contribution is -0.156. The van der Waals surface area contributed by atoms with Crippen LogP contribution in [0, 0.1) is 0 Å². The highest BCUT2D eigenvalue weighted by atomic mass is 35.5. The summed E-state index contributed by atoms with van der Waals surface area (Å²) in [7, 11) is 0. The molecule has 23 heavy (non-hydrogen) atoms. The van der Waals surface area contributed by atoms with Crippen LogP contribution in [0.1, 0.15) is 10.8 Å². The van der Waals surface area contributed by atoms with E-state index >= 15 is 0 Å². The largest absolute Gasteiger partial charge is 0.470 e. The second kappa shape index (κ2) is 6.17. The Balaban J connectivity index is 1.75. The van der Waals surface area contributed by atoms with Gasteiger partial charge >= 0.3 is 12.1 Å². The van der Waals surface area contributed by atoms with Crippen molar-refractivity contribution >= 4 is 28.6 Å². The molecule has 1 N–H and O–H groups in total. The molecule has 0 aliphatic carbocycles. The Labute approximate surface area is 137 Å². The van der Waals surface area contributed by atoms with Gasteiger partial charge in [-0.1, -0.05) is 17.7 Å². The lowest BCUT2D eigenvalue weighted by Gasteiger charge is -2.05. The number of rotatable bonds is 4. The number of alkyl halides is 3. The molecule has 0 fully saturated rings. The maximum atomic E-state index is 12.5. The molecule has 0 saturated heterocycles. The van der Waals surface area contributed by atoms with E-state index in [1.807, 2.05) is 0 Å². The lowest BCUT2D eigenvalue weighted by Crippen LogP contribution is -2.04. The average molecular weight is 361 g/mol. The second-order valence-electron chi connectivity index (χ2n) is 4.42. The molecule has 2 aromatic heterocycles. The summed E-state index contributed by atoms with van der Waals surface area (Å²) in [5.41, 5.74) is 1.08. The van der Waals surface area contributed by atoms with Crippen molar-refractivity contribution in [3.05, 3.63) is 45.7 Å². The Hall–Kier alpha value is -2.13. The van der Waals surface area contributed by atoms with Gasteiger partial charge in [-0.25, -0.2) is 4.98 Å². The van der Waals surface area contributed by atoms with Gasteiger partial charge in [-0.2, -0.15) is 13.2 Å². The number of anilines is 1. The van der Waals surface area contributed by atoms with Gasteiger partial charge < -0.3 is 9.73 Å². The third kappa shape index (κ3) is 3.80. The molecule has 1 aromatic carbocycles.